The normalized spacial score (nSPS) is 18.1. The summed E-state index contributed by atoms with van der Waals surface area (Å²) in [4.78, 5) is 28.5. The number of aliphatic hydroxyl groups excluding tert-OH is 1. The summed E-state index contributed by atoms with van der Waals surface area (Å²) in [6, 6.07) is 8.30. The number of aromatic nitrogens is 4. The van der Waals surface area contributed by atoms with Crippen LogP contribution < -0.4 is 16.2 Å². The summed E-state index contributed by atoms with van der Waals surface area (Å²) < 4.78 is 6.20. The molecule has 1 aliphatic carbocycles. The van der Waals surface area contributed by atoms with E-state index in [-0.39, 0.29) is 29.9 Å². The van der Waals surface area contributed by atoms with Crippen LogP contribution in [0.3, 0.4) is 0 Å². The van der Waals surface area contributed by atoms with Crippen LogP contribution in [0.1, 0.15) is 41.2 Å². The maximum Gasteiger partial charge on any atom is 0.289 e. The van der Waals surface area contributed by atoms with Gasteiger partial charge in [0.05, 0.1) is 29.9 Å². The SMILES string of the molecule is Cc1cc(C(=O)NC[C@H]2CC[C@@H](Nc3ccc(-n4nc(CO)ccc4=O)cn3)C2)on1. The number of aryl methyl sites for hydroxylation is 1. The second-order valence-electron chi connectivity index (χ2n) is 7.70. The van der Waals surface area contributed by atoms with Gasteiger partial charge in [0.2, 0.25) is 5.76 Å². The molecule has 1 aliphatic rings. The Morgan fingerprint density at radius 3 is 2.87 bits per heavy atom. The van der Waals surface area contributed by atoms with Crippen molar-refractivity contribution in [3.05, 3.63) is 64.0 Å². The van der Waals surface area contributed by atoms with Gasteiger partial charge in [-0.25, -0.2) is 4.98 Å². The van der Waals surface area contributed by atoms with Crippen molar-refractivity contribution in [3.8, 4) is 5.69 Å². The molecule has 162 valence electrons. The van der Waals surface area contributed by atoms with Gasteiger partial charge >= 0.3 is 0 Å². The molecule has 0 spiro atoms. The van der Waals surface area contributed by atoms with E-state index in [9.17, 15) is 14.7 Å². The van der Waals surface area contributed by atoms with Crippen molar-refractivity contribution >= 4 is 11.7 Å². The van der Waals surface area contributed by atoms with Gasteiger partial charge < -0.3 is 20.3 Å². The smallest absolute Gasteiger partial charge is 0.289 e. The van der Waals surface area contributed by atoms with E-state index < -0.39 is 0 Å². The minimum absolute atomic E-state index is 0.229. The molecule has 3 heterocycles. The van der Waals surface area contributed by atoms with Crippen molar-refractivity contribution in [3.63, 3.8) is 0 Å². The molecule has 0 aliphatic heterocycles. The van der Waals surface area contributed by atoms with Crippen molar-refractivity contribution in [1.82, 2.24) is 25.2 Å². The number of anilines is 1. The van der Waals surface area contributed by atoms with Crippen LogP contribution in [0.5, 0.6) is 0 Å². The molecule has 10 heteroatoms. The molecule has 10 nitrogen and oxygen atoms in total. The number of rotatable bonds is 7. The summed E-state index contributed by atoms with van der Waals surface area (Å²) in [5.41, 5.74) is 1.32. The van der Waals surface area contributed by atoms with Gasteiger partial charge in [0.1, 0.15) is 5.82 Å². The van der Waals surface area contributed by atoms with Gasteiger partial charge in [-0.3, -0.25) is 9.59 Å². The molecular weight excluding hydrogens is 400 g/mol. The van der Waals surface area contributed by atoms with E-state index >= 15 is 0 Å². The molecule has 3 aromatic rings. The topological polar surface area (TPSA) is 135 Å². The molecule has 2 atom stereocenters. The summed E-state index contributed by atoms with van der Waals surface area (Å²) in [7, 11) is 0. The minimum Gasteiger partial charge on any atom is -0.390 e. The van der Waals surface area contributed by atoms with Crippen LogP contribution in [0.2, 0.25) is 0 Å². The Kier molecular flexibility index (Phi) is 6.08. The number of carbonyl (C=O) groups excluding carboxylic acids is 1. The molecular formula is C21H24N6O4. The molecule has 1 saturated carbocycles. The molecule has 1 fully saturated rings. The summed E-state index contributed by atoms with van der Waals surface area (Å²) >= 11 is 0. The molecule has 3 aromatic heterocycles. The molecule has 0 radical (unpaired) electrons. The Morgan fingerprint density at radius 1 is 1.29 bits per heavy atom. The largest absolute Gasteiger partial charge is 0.390 e. The standard InChI is InChI=1S/C21H24N6O4/c1-13-8-18(31-26-13)21(30)23-10-14-2-3-15(9-14)24-19-6-5-17(11-22-19)27-20(29)7-4-16(12-28)25-27/h4-8,11,14-15,28H,2-3,9-10,12H2,1H3,(H,22,24)(H,23,30)/t14-,15+/m0/s1. The summed E-state index contributed by atoms with van der Waals surface area (Å²) in [5, 5.41) is 23.4. The van der Waals surface area contributed by atoms with Gasteiger partial charge in [-0.1, -0.05) is 5.16 Å². The number of nitrogens with one attached hydrogen (secondary N) is 2. The fraction of sp³-hybridized carbons (Fsp3) is 0.381. The average molecular weight is 424 g/mol. The first-order valence-corrected chi connectivity index (χ1v) is 10.2. The van der Waals surface area contributed by atoms with Crippen molar-refractivity contribution in [2.24, 2.45) is 5.92 Å². The zero-order valence-electron chi connectivity index (χ0n) is 17.1. The lowest BCUT2D eigenvalue weighted by Crippen LogP contribution is -2.28. The third kappa shape index (κ3) is 4.97. The first-order chi connectivity index (χ1) is 15.0. The lowest BCUT2D eigenvalue weighted by molar-refractivity contribution is 0.0910. The predicted octanol–water partition coefficient (Wildman–Crippen LogP) is 1.43. The summed E-state index contributed by atoms with van der Waals surface area (Å²) in [5.74, 6) is 1.06. The van der Waals surface area contributed by atoms with E-state index in [2.05, 4.69) is 25.9 Å². The minimum atomic E-state index is -0.291. The highest BCUT2D eigenvalue weighted by Crippen LogP contribution is 2.27. The Balaban J connectivity index is 1.30. The number of carbonyl (C=O) groups is 1. The van der Waals surface area contributed by atoms with E-state index in [1.165, 1.54) is 16.8 Å². The zero-order chi connectivity index (χ0) is 21.8. The van der Waals surface area contributed by atoms with Crippen LogP contribution in [0.25, 0.3) is 5.69 Å². The molecule has 0 saturated heterocycles. The number of aliphatic hydroxyl groups is 1. The second kappa shape index (κ2) is 9.09. The van der Waals surface area contributed by atoms with Gasteiger partial charge in [-0.2, -0.15) is 9.78 Å². The third-order valence-corrected chi connectivity index (χ3v) is 5.31. The summed E-state index contributed by atoms with van der Waals surface area (Å²) in [6.07, 6.45) is 4.46. The number of nitrogens with zero attached hydrogens (tertiary/aromatic N) is 4. The third-order valence-electron chi connectivity index (χ3n) is 5.31. The fourth-order valence-electron chi connectivity index (χ4n) is 3.71. The zero-order valence-corrected chi connectivity index (χ0v) is 17.1. The predicted molar refractivity (Wildman–Crippen MR) is 112 cm³/mol. The van der Waals surface area contributed by atoms with Crippen molar-refractivity contribution in [2.45, 2.75) is 38.8 Å². The maximum atomic E-state index is 12.1. The number of hydrogen-bond acceptors (Lipinski definition) is 8. The molecule has 0 aromatic carbocycles. The lowest BCUT2D eigenvalue weighted by Gasteiger charge is -2.15. The van der Waals surface area contributed by atoms with Crippen LogP contribution in [-0.2, 0) is 6.61 Å². The maximum absolute atomic E-state index is 12.1. The van der Waals surface area contributed by atoms with Gasteiger partial charge in [0, 0.05) is 24.7 Å². The van der Waals surface area contributed by atoms with E-state index in [4.69, 9.17) is 4.52 Å². The first kappa shape index (κ1) is 20.7. The van der Waals surface area contributed by atoms with E-state index in [0.29, 0.717) is 35.4 Å². The van der Waals surface area contributed by atoms with Gasteiger partial charge in [-0.05, 0) is 50.3 Å². The Hall–Kier alpha value is -3.53. The quantitative estimate of drug-likeness (QED) is 0.518. The van der Waals surface area contributed by atoms with Crippen molar-refractivity contribution in [1.29, 1.82) is 0 Å². The highest BCUT2D eigenvalue weighted by Gasteiger charge is 2.25. The summed E-state index contributed by atoms with van der Waals surface area (Å²) in [6.45, 7) is 2.11. The molecule has 0 unspecified atom stereocenters. The Labute approximate surface area is 178 Å². The number of pyridine rings is 1. The Morgan fingerprint density at radius 2 is 2.16 bits per heavy atom. The molecule has 1 amide bonds. The molecule has 31 heavy (non-hydrogen) atoms. The second-order valence-corrected chi connectivity index (χ2v) is 7.70. The molecule has 4 rings (SSSR count). The van der Waals surface area contributed by atoms with Crippen LogP contribution in [0, 0.1) is 12.8 Å². The van der Waals surface area contributed by atoms with Gasteiger partial charge in [-0.15, -0.1) is 0 Å². The molecule has 3 N–H and O–H groups in total. The van der Waals surface area contributed by atoms with Gasteiger partial charge in [0.15, 0.2) is 0 Å². The monoisotopic (exact) mass is 424 g/mol. The lowest BCUT2D eigenvalue weighted by atomic mass is 10.1. The first-order valence-electron chi connectivity index (χ1n) is 10.2. The number of amides is 1. The highest BCUT2D eigenvalue weighted by atomic mass is 16.5. The highest BCUT2D eigenvalue weighted by molar-refractivity contribution is 5.91. The van der Waals surface area contributed by atoms with Crippen LogP contribution >= 0.6 is 0 Å². The fourth-order valence-corrected chi connectivity index (χ4v) is 3.71. The van der Waals surface area contributed by atoms with Crippen molar-refractivity contribution < 1.29 is 14.4 Å². The molecule has 0 bridgehead atoms. The number of hydrogen-bond donors (Lipinski definition) is 3. The average Bonchev–Trinajstić information content (AvgIpc) is 3.42. The Bertz CT molecular complexity index is 1110. The van der Waals surface area contributed by atoms with Gasteiger partial charge in [0.25, 0.3) is 11.5 Å². The van der Waals surface area contributed by atoms with Crippen LogP contribution in [0.4, 0.5) is 5.82 Å². The van der Waals surface area contributed by atoms with E-state index in [0.717, 1.165) is 19.3 Å². The van der Waals surface area contributed by atoms with E-state index in [1.54, 1.807) is 31.3 Å². The van der Waals surface area contributed by atoms with Crippen molar-refractivity contribution in [2.75, 3.05) is 11.9 Å². The van der Waals surface area contributed by atoms with Crippen LogP contribution in [-0.4, -0.2) is 43.5 Å². The van der Waals surface area contributed by atoms with Crippen LogP contribution in [0.15, 0.2) is 45.8 Å². The van der Waals surface area contributed by atoms with E-state index in [1.807, 2.05) is 0 Å².